The molecule has 2 N–H and O–H groups in total. The number of alkyl halides is 2. The van der Waals surface area contributed by atoms with Crippen molar-refractivity contribution < 1.29 is 18.7 Å². The fraction of sp³-hybridized carbons (Fsp3) is 0.412. The molecule has 1 amide bonds. The van der Waals surface area contributed by atoms with Gasteiger partial charge in [-0.25, -0.2) is 8.78 Å². The first-order valence-corrected chi connectivity index (χ1v) is 7.91. The molecule has 4 rings (SSSR count). The summed E-state index contributed by atoms with van der Waals surface area (Å²) >= 11 is 0. The fourth-order valence-corrected chi connectivity index (χ4v) is 4.10. The Morgan fingerprint density at radius 1 is 1.38 bits per heavy atom. The van der Waals surface area contributed by atoms with Gasteiger partial charge in [-0.1, -0.05) is 12.1 Å². The SMILES string of the molecule is Cn1cc(C(=O)Nc2cccc3c2C2CCC3C2O)c(C(F)F)n1. The van der Waals surface area contributed by atoms with Crippen LogP contribution in [0.3, 0.4) is 0 Å². The van der Waals surface area contributed by atoms with E-state index in [0.29, 0.717) is 5.69 Å². The average molecular weight is 333 g/mol. The summed E-state index contributed by atoms with van der Waals surface area (Å²) in [5.41, 5.74) is 1.93. The number of halogens is 2. The Balaban J connectivity index is 1.68. The molecule has 2 aliphatic carbocycles. The largest absolute Gasteiger partial charge is 0.392 e. The third kappa shape index (κ3) is 2.15. The maximum Gasteiger partial charge on any atom is 0.282 e. The van der Waals surface area contributed by atoms with E-state index in [1.54, 1.807) is 6.07 Å². The summed E-state index contributed by atoms with van der Waals surface area (Å²) in [6, 6.07) is 5.54. The molecular formula is C17H17F2N3O2. The minimum atomic E-state index is -2.81. The normalized spacial score (nSPS) is 24.5. The first-order chi connectivity index (χ1) is 11.5. The van der Waals surface area contributed by atoms with Gasteiger partial charge in [-0.3, -0.25) is 9.48 Å². The molecule has 2 aliphatic rings. The molecule has 0 spiro atoms. The third-order valence-corrected chi connectivity index (χ3v) is 5.08. The fourth-order valence-electron chi connectivity index (χ4n) is 4.10. The van der Waals surface area contributed by atoms with Gasteiger partial charge in [0.25, 0.3) is 12.3 Å². The van der Waals surface area contributed by atoms with Crippen LogP contribution in [0.4, 0.5) is 14.5 Å². The molecule has 0 aliphatic heterocycles. The summed E-state index contributed by atoms with van der Waals surface area (Å²) in [4.78, 5) is 12.5. The van der Waals surface area contributed by atoms with Crippen molar-refractivity contribution in [2.24, 2.45) is 7.05 Å². The van der Waals surface area contributed by atoms with Crippen molar-refractivity contribution in [3.05, 3.63) is 46.8 Å². The molecule has 1 heterocycles. The molecule has 1 saturated carbocycles. The lowest BCUT2D eigenvalue weighted by Crippen LogP contribution is -2.16. The van der Waals surface area contributed by atoms with E-state index in [0.717, 1.165) is 24.0 Å². The van der Waals surface area contributed by atoms with Crippen molar-refractivity contribution in [1.82, 2.24) is 9.78 Å². The number of amides is 1. The Morgan fingerprint density at radius 3 is 2.88 bits per heavy atom. The van der Waals surface area contributed by atoms with Crippen molar-refractivity contribution in [1.29, 1.82) is 0 Å². The third-order valence-electron chi connectivity index (χ3n) is 5.08. The van der Waals surface area contributed by atoms with Crippen LogP contribution >= 0.6 is 0 Å². The van der Waals surface area contributed by atoms with Crippen LogP contribution in [-0.2, 0) is 7.05 Å². The van der Waals surface area contributed by atoms with E-state index in [-0.39, 0.29) is 17.4 Å². The number of aryl methyl sites for hydroxylation is 1. The highest BCUT2D eigenvalue weighted by Gasteiger charge is 2.46. The number of fused-ring (bicyclic) bond motifs is 5. The number of rotatable bonds is 3. The van der Waals surface area contributed by atoms with Crippen molar-refractivity contribution >= 4 is 11.6 Å². The zero-order valence-corrected chi connectivity index (χ0v) is 13.0. The van der Waals surface area contributed by atoms with Gasteiger partial charge in [-0.05, 0) is 30.0 Å². The number of carbonyl (C=O) groups excluding carboxylic acids is 1. The van der Waals surface area contributed by atoms with Crippen LogP contribution < -0.4 is 5.32 Å². The summed E-state index contributed by atoms with van der Waals surface area (Å²) in [5, 5.41) is 16.7. The van der Waals surface area contributed by atoms with E-state index in [4.69, 9.17) is 0 Å². The van der Waals surface area contributed by atoms with Crippen LogP contribution in [0.1, 0.15) is 58.3 Å². The Hall–Kier alpha value is -2.28. The van der Waals surface area contributed by atoms with Crippen molar-refractivity contribution in [2.45, 2.75) is 37.2 Å². The Labute approximate surface area is 137 Å². The Kier molecular flexibility index (Phi) is 3.42. The smallest absolute Gasteiger partial charge is 0.282 e. The lowest BCUT2D eigenvalue weighted by molar-refractivity contribution is 0.101. The van der Waals surface area contributed by atoms with E-state index in [1.165, 1.54) is 17.9 Å². The van der Waals surface area contributed by atoms with Gasteiger partial charge < -0.3 is 10.4 Å². The number of hydrogen-bond acceptors (Lipinski definition) is 3. The van der Waals surface area contributed by atoms with Crippen LogP contribution in [0.2, 0.25) is 0 Å². The number of carbonyl (C=O) groups is 1. The molecule has 3 atom stereocenters. The van der Waals surface area contributed by atoms with Crippen LogP contribution in [-0.4, -0.2) is 26.9 Å². The highest BCUT2D eigenvalue weighted by molar-refractivity contribution is 6.05. The number of anilines is 1. The van der Waals surface area contributed by atoms with Crippen molar-refractivity contribution in [3.8, 4) is 0 Å². The molecule has 7 heteroatoms. The second kappa shape index (κ2) is 5.37. The molecule has 3 unspecified atom stereocenters. The zero-order chi connectivity index (χ0) is 17.0. The van der Waals surface area contributed by atoms with Gasteiger partial charge in [-0.2, -0.15) is 5.10 Å². The topological polar surface area (TPSA) is 67.2 Å². The number of nitrogens with one attached hydrogen (secondary N) is 1. The molecule has 24 heavy (non-hydrogen) atoms. The highest BCUT2D eigenvalue weighted by atomic mass is 19.3. The van der Waals surface area contributed by atoms with Crippen LogP contribution in [0.15, 0.2) is 24.4 Å². The molecule has 2 bridgehead atoms. The van der Waals surface area contributed by atoms with E-state index >= 15 is 0 Å². The summed E-state index contributed by atoms with van der Waals surface area (Å²) in [6.45, 7) is 0. The Bertz CT molecular complexity index is 818. The molecule has 0 radical (unpaired) electrons. The van der Waals surface area contributed by atoms with Crippen molar-refractivity contribution in [3.63, 3.8) is 0 Å². The molecule has 0 saturated heterocycles. The number of aliphatic hydroxyl groups excluding tert-OH is 1. The number of hydrogen-bond donors (Lipinski definition) is 2. The van der Waals surface area contributed by atoms with Gasteiger partial charge in [0.1, 0.15) is 5.69 Å². The van der Waals surface area contributed by atoms with E-state index in [1.807, 2.05) is 12.1 Å². The minimum absolute atomic E-state index is 0.00460. The summed E-state index contributed by atoms with van der Waals surface area (Å²) < 4.78 is 27.3. The predicted molar refractivity (Wildman–Crippen MR) is 83.3 cm³/mol. The molecule has 1 aromatic heterocycles. The summed E-state index contributed by atoms with van der Waals surface area (Å²) in [6.07, 6.45) is -0.129. The number of aliphatic hydroxyl groups is 1. The quantitative estimate of drug-likeness (QED) is 0.907. The standard InChI is InChI=1S/C17H17F2N3O2/c1-22-7-11(14(21-22)16(18)19)17(24)20-12-4-2-3-8-9-5-6-10(13(8)12)15(9)23/h2-4,7,9-10,15-16,23H,5-6H2,1H3,(H,20,24). The molecule has 1 aromatic carbocycles. The monoisotopic (exact) mass is 333 g/mol. The molecule has 126 valence electrons. The lowest BCUT2D eigenvalue weighted by atomic mass is 9.90. The molecular weight excluding hydrogens is 316 g/mol. The van der Waals surface area contributed by atoms with Crippen LogP contribution in [0.25, 0.3) is 0 Å². The maximum absolute atomic E-state index is 13.0. The number of nitrogens with zero attached hydrogens (tertiary/aromatic N) is 2. The second-order valence-electron chi connectivity index (χ2n) is 6.45. The maximum atomic E-state index is 13.0. The summed E-state index contributed by atoms with van der Waals surface area (Å²) in [5.74, 6) is -0.495. The predicted octanol–water partition coefficient (Wildman–Crippen LogP) is 2.95. The Morgan fingerprint density at radius 2 is 2.12 bits per heavy atom. The second-order valence-corrected chi connectivity index (χ2v) is 6.45. The lowest BCUT2D eigenvalue weighted by Gasteiger charge is -2.18. The van der Waals surface area contributed by atoms with E-state index < -0.39 is 24.1 Å². The van der Waals surface area contributed by atoms with Gasteiger partial charge in [-0.15, -0.1) is 0 Å². The van der Waals surface area contributed by atoms with Crippen molar-refractivity contribution in [2.75, 3.05) is 5.32 Å². The van der Waals surface area contributed by atoms with Gasteiger partial charge >= 0.3 is 0 Å². The summed E-state index contributed by atoms with van der Waals surface area (Å²) in [7, 11) is 1.50. The highest BCUT2D eigenvalue weighted by Crippen LogP contribution is 2.55. The molecule has 2 aromatic rings. The van der Waals surface area contributed by atoms with Gasteiger partial charge in [0.05, 0.1) is 11.7 Å². The number of aromatic nitrogens is 2. The van der Waals surface area contributed by atoms with E-state index in [9.17, 15) is 18.7 Å². The first-order valence-electron chi connectivity index (χ1n) is 7.91. The minimum Gasteiger partial charge on any atom is -0.392 e. The molecule has 1 fully saturated rings. The zero-order valence-electron chi connectivity index (χ0n) is 13.0. The number of benzene rings is 1. The van der Waals surface area contributed by atoms with Crippen LogP contribution in [0.5, 0.6) is 0 Å². The van der Waals surface area contributed by atoms with Gasteiger partial charge in [0, 0.05) is 30.8 Å². The average Bonchev–Trinajstić information content (AvgIpc) is 3.19. The van der Waals surface area contributed by atoms with Crippen LogP contribution in [0, 0.1) is 0 Å². The van der Waals surface area contributed by atoms with E-state index in [2.05, 4.69) is 10.4 Å². The molecule has 5 nitrogen and oxygen atoms in total. The first kappa shape index (κ1) is 15.3. The van der Waals surface area contributed by atoms with Gasteiger partial charge in [0.2, 0.25) is 0 Å². The van der Waals surface area contributed by atoms with Gasteiger partial charge in [0.15, 0.2) is 0 Å².